The molecule has 2 N–H and O–H groups in total. The Morgan fingerprint density at radius 2 is 2.05 bits per heavy atom. The third-order valence-electron chi connectivity index (χ3n) is 3.89. The third kappa shape index (κ3) is 3.60. The second-order valence-corrected chi connectivity index (χ2v) is 6.77. The first-order valence-corrected chi connectivity index (χ1v) is 7.15. The second-order valence-electron chi connectivity index (χ2n) is 6.77. The minimum absolute atomic E-state index is 0.0482. The van der Waals surface area contributed by atoms with E-state index >= 15 is 0 Å². The molecule has 0 spiro atoms. The van der Waals surface area contributed by atoms with Crippen LogP contribution in [0.15, 0.2) is 36.6 Å². The molecule has 3 heteroatoms. The van der Waals surface area contributed by atoms with E-state index in [0.29, 0.717) is 0 Å². The lowest BCUT2D eigenvalue weighted by molar-refractivity contribution is -0.127. The number of nitrogens with one attached hydrogen (secondary N) is 1. The molecule has 0 bridgehead atoms. The van der Waals surface area contributed by atoms with E-state index in [2.05, 4.69) is 18.5 Å². The van der Waals surface area contributed by atoms with Gasteiger partial charge in [0.1, 0.15) is 0 Å². The van der Waals surface area contributed by atoms with Crippen molar-refractivity contribution < 1.29 is 9.90 Å². The zero-order chi connectivity index (χ0) is 15.6. The van der Waals surface area contributed by atoms with Gasteiger partial charge in [0.05, 0.1) is 5.60 Å². The molecule has 1 aliphatic rings. The summed E-state index contributed by atoms with van der Waals surface area (Å²) in [5, 5.41) is 13.4. The van der Waals surface area contributed by atoms with Crippen molar-refractivity contribution in [2.24, 2.45) is 11.3 Å². The first-order chi connectivity index (χ1) is 9.13. The van der Waals surface area contributed by atoms with Crippen molar-refractivity contribution in [2.75, 3.05) is 0 Å². The number of aliphatic hydroxyl groups is 1. The van der Waals surface area contributed by atoms with Gasteiger partial charge in [0.15, 0.2) is 0 Å². The van der Waals surface area contributed by atoms with E-state index in [4.69, 9.17) is 0 Å². The minimum Gasteiger partial charge on any atom is -0.389 e. The Morgan fingerprint density at radius 3 is 2.50 bits per heavy atom. The summed E-state index contributed by atoms with van der Waals surface area (Å²) < 4.78 is 0. The largest absolute Gasteiger partial charge is 0.389 e. The topological polar surface area (TPSA) is 49.3 Å². The zero-order valence-electron chi connectivity index (χ0n) is 13.1. The van der Waals surface area contributed by atoms with E-state index in [9.17, 15) is 9.90 Å². The molecule has 2 atom stereocenters. The maximum absolute atomic E-state index is 12.2. The van der Waals surface area contributed by atoms with Crippen molar-refractivity contribution >= 4 is 5.91 Å². The summed E-state index contributed by atoms with van der Waals surface area (Å²) in [6.45, 7) is 15.1. The lowest BCUT2D eigenvalue weighted by Gasteiger charge is -2.38. The Kier molecular flexibility index (Phi) is 4.98. The number of allylic oxidation sites excluding steroid dienone is 1. The van der Waals surface area contributed by atoms with Crippen LogP contribution in [0.1, 0.15) is 47.0 Å². The Bertz CT molecular complexity index is 438. The van der Waals surface area contributed by atoms with Gasteiger partial charge in [-0.25, -0.2) is 0 Å². The smallest absolute Gasteiger partial charge is 0.229 e. The molecule has 112 valence electrons. The zero-order valence-corrected chi connectivity index (χ0v) is 13.1. The number of carbonyl (C=O) groups excluding carboxylic acids is 1. The lowest BCUT2D eigenvalue weighted by atomic mass is 9.72. The third-order valence-corrected chi connectivity index (χ3v) is 3.89. The lowest BCUT2D eigenvalue weighted by Crippen LogP contribution is -2.40. The van der Waals surface area contributed by atoms with Gasteiger partial charge in [-0.2, -0.15) is 0 Å². The second kappa shape index (κ2) is 5.96. The van der Waals surface area contributed by atoms with Gasteiger partial charge in [0.25, 0.3) is 0 Å². The van der Waals surface area contributed by atoms with E-state index < -0.39 is 11.0 Å². The fraction of sp³-hybridized carbons (Fsp3) is 0.588. The predicted octanol–water partition coefficient (Wildman–Crippen LogP) is 3.33. The van der Waals surface area contributed by atoms with Gasteiger partial charge in [-0.15, -0.1) is 6.58 Å². The molecule has 1 amide bonds. The number of hydrogen-bond donors (Lipinski definition) is 2. The molecule has 0 aromatic heterocycles. The number of rotatable bonds is 3. The van der Waals surface area contributed by atoms with Crippen LogP contribution in [0.25, 0.3) is 0 Å². The molecule has 0 unspecified atom stereocenters. The molecule has 0 radical (unpaired) electrons. The quantitative estimate of drug-likeness (QED) is 0.777. The Morgan fingerprint density at radius 1 is 1.45 bits per heavy atom. The van der Waals surface area contributed by atoms with Crippen molar-refractivity contribution in [3.63, 3.8) is 0 Å². The van der Waals surface area contributed by atoms with E-state index in [1.807, 2.05) is 27.7 Å². The number of carbonyl (C=O) groups is 1. The Labute approximate surface area is 122 Å². The van der Waals surface area contributed by atoms with Gasteiger partial charge in [0, 0.05) is 17.0 Å². The molecule has 1 aliphatic carbocycles. The summed E-state index contributed by atoms with van der Waals surface area (Å²) in [5.41, 5.74) is 0.463. The van der Waals surface area contributed by atoms with Crippen LogP contribution in [-0.2, 0) is 4.79 Å². The van der Waals surface area contributed by atoms with E-state index in [1.165, 1.54) is 0 Å². The van der Waals surface area contributed by atoms with Crippen molar-refractivity contribution in [3.8, 4) is 0 Å². The summed E-state index contributed by atoms with van der Waals surface area (Å²) in [5.74, 6) is -0.197. The summed E-state index contributed by atoms with van der Waals surface area (Å²) in [7, 11) is 0. The first kappa shape index (κ1) is 16.7. The van der Waals surface area contributed by atoms with Crippen molar-refractivity contribution in [3.05, 3.63) is 36.6 Å². The molecule has 1 fully saturated rings. The van der Waals surface area contributed by atoms with Gasteiger partial charge < -0.3 is 10.4 Å². The van der Waals surface area contributed by atoms with Crippen LogP contribution in [0, 0.1) is 11.3 Å². The normalized spacial score (nSPS) is 29.6. The molecule has 0 aromatic rings. The molecular formula is C17H27NO2. The summed E-state index contributed by atoms with van der Waals surface area (Å²) in [6, 6.07) is 0. The highest BCUT2D eigenvalue weighted by atomic mass is 16.3. The maximum atomic E-state index is 12.2. The van der Waals surface area contributed by atoms with Crippen molar-refractivity contribution in [1.29, 1.82) is 0 Å². The van der Waals surface area contributed by atoms with Gasteiger partial charge in [-0.1, -0.05) is 33.4 Å². The van der Waals surface area contributed by atoms with Crippen LogP contribution < -0.4 is 5.32 Å². The predicted molar refractivity (Wildman–Crippen MR) is 83.0 cm³/mol. The van der Waals surface area contributed by atoms with Crippen LogP contribution in [0.5, 0.6) is 0 Å². The maximum Gasteiger partial charge on any atom is 0.229 e. The minimum atomic E-state index is -0.809. The summed E-state index contributed by atoms with van der Waals surface area (Å²) in [4.78, 5) is 12.2. The molecule has 1 rings (SSSR count). The van der Waals surface area contributed by atoms with Crippen LogP contribution >= 0.6 is 0 Å². The first-order valence-electron chi connectivity index (χ1n) is 7.15. The number of amides is 1. The van der Waals surface area contributed by atoms with Gasteiger partial charge in [-0.05, 0) is 37.8 Å². The highest BCUT2D eigenvalue weighted by Crippen LogP contribution is 2.39. The average molecular weight is 277 g/mol. The molecule has 0 saturated heterocycles. The molecule has 3 nitrogen and oxygen atoms in total. The van der Waals surface area contributed by atoms with Gasteiger partial charge >= 0.3 is 0 Å². The van der Waals surface area contributed by atoms with E-state index in [0.717, 1.165) is 30.5 Å². The fourth-order valence-corrected chi connectivity index (χ4v) is 2.59. The molecule has 1 saturated carbocycles. The van der Waals surface area contributed by atoms with Crippen molar-refractivity contribution in [1.82, 2.24) is 5.32 Å². The Hall–Kier alpha value is -1.35. The van der Waals surface area contributed by atoms with E-state index in [-0.39, 0.29) is 11.8 Å². The Balaban J connectivity index is 3.14. The van der Waals surface area contributed by atoms with E-state index in [1.54, 1.807) is 12.2 Å². The van der Waals surface area contributed by atoms with Crippen LogP contribution in [0.2, 0.25) is 0 Å². The monoisotopic (exact) mass is 277 g/mol. The molecule has 0 aromatic carbocycles. The molecule has 20 heavy (non-hydrogen) atoms. The fourth-order valence-electron chi connectivity index (χ4n) is 2.59. The summed E-state index contributed by atoms with van der Waals surface area (Å²) >= 11 is 0. The average Bonchev–Trinajstić information content (AvgIpc) is 2.33. The molecular weight excluding hydrogens is 250 g/mol. The van der Waals surface area contributed by atoms with Gasteiger partial charge in [0.2, 0.25) is 5.91 Å². The van der Waals surface area contributed by atoms with Gasteiger partial charge in [-0.3, -0.25) is 4.79 Å². The highest BCUT2D eigenvalue weighted by Gasteiger charge is 2.37. The molecule has 0 heterocycles. The molecule has 0 aliphatic heterocycles. The SMILES string of the molecule is C=C/C(NC(=O)C(C)(C)C)=C1\CCC[C@](C)(O)[C@@H]1C=C. The van der Waals surface area contributed by atoms with Crippen LogP contribution in [-0.4, -0.2) is 16.6 Å². The number of hydrogen-bond acceptors (Lipinski definition) is 2. The van der Waals surface area contributed by atoms with Crippen LogP contribution in [0.4, 0.5) is 0 Å². The standard InChI is InChI=1S/C17H27NO2/c1-7-13-12(10-9-11-17(13,6)20)14(8-2)18-15(19)16(3,4)5/h7-8,13,20H,1-2,9-11H2,3-6H3,(H,18,19)/b14-12-/t13-,17+/m1/s1. The van der Waals surface area contributed by atoms with Crippen molar-refractivity contribution in [2.45, 2.75) is 52.6 Å². The van der Waals surface area contributed by atoms with Crippen LogP contribution in [0.3, 0.4) is 0 Å². The summed E-state index contributed by atoms with van der Waals surface area (Å²) in [6.07, 6.45) is 5.91. The highest BCUT2D eigenvalue weighted by molar-refractivity contribution is 5.83.